The molecule has 26 heavy (non-hydrogen) atoms. The van der Waals surface area contributed by atoms with E-state index in [-0.39, 0.29) is 35.9 Å². The van der Waals surface area contributed by atoms with Crippen molar-refractivity contribution in [3.05, 3.63) is 35.6 Å². The molecule has 140 valence electrons. The highest BCUT2D eigenvalue weighted by molar-refractivity contribution is 5.89. The van der Waals surface area contributed by atoms with Gasteiger partial charge in [-0.1, -0.05) is 18.2 Å². The summed E-state index contributed by atoms with van der Waals surface area (Å²) in [6.45, 7) is 4.44. The standard InChI is InChI=1S/C19H24FN3O3/c1-14(24)21-8-10-22(11-9-21)19(26)16-12-18(25)23(13-16)7-6-15-4-2-3-5-17(15)20/h2-5,16H,6-13H2,1H3. The van der Waals surface area contributed by atoms with Crippen LogP contribution in [0.4, 0.5) is 4.39 Å². The molecule has 0 bridgehead atoms. The van der Waals surface area contributed by atoms with Crippen molar-refractivity contribution in [3.63, 3.8) is 0 Å². The summed E-state index contributed by atoms with van der Waals surface area (Å²) in [6, 6.07) is 6.54. The van der Waals surface area contributed by atoms with Gasteiger partial charge in [-0.3, -0.25) is 14.4 Å². The molecule has 1 aromatic rings. The summed E-state index contributed by atoms with van der Waals surface area (Å²) in [4.78, 5) is 41.4. The number of piperazine rings is 1. The SMILES string of the molecule is CC(=O)N1CCN(C(=O)C2CC(=O)N(CCc3ccccc3F)C2)CC1. The maximum atomic E-state index is 13.7. The Kier molecular flexibility index (Phi) is 5.54. The minimum atomic E-state index is -0.341. The summed E-state index contributed by atoms with van der Waals surface area (Å²) in [6.07, 6.45) is 0.652. The molecule has 0 radical (unpaired) electrons. The van der Waals surface area contributed by atoms with Crippen LogP contribution in [0.3, 0.4) is 0 Å². The minimum absolute atomic E-state index is 0.0186. The number of hydrogen-bond donors (Lipinski definition) is 0. The van der Waals surface area contributed by atoms with Crippen LogP contribution in [0.25, 0.3) is 0 Å². The van der Waals surface area contributed by atoms with Gasteiger partial charge in [-0.05, 0) is 18.1 Å². The second-order valence-electron chi connectivity index (χ2n) is 6.91. The summed E-state index contributed by atoms with van der Waals surface area (Å²) in [7, 11) is 0. The zero-order chi connectivity index (χ0) is 18.7. The van der Waals surface area contributed by atoms with Gasteiger partial charge in [0.05, 0.1) is 5.92 Å². The summed E-state index contributed by atoms with van der Waals surface area (Å²) in [5.41, 5.74) is 0.579. The summed E-state index contributed by atoms with van der Waals surface area (Å²) in [5.74, 6) is -0.661. The Morgan fingerprint density at radius 3 is 2.42 bits per heavy atom. The molecule has 2 saturated heterocycles. The largest absolute Gasteiger partial charge is 0.342 e. The highest BCUT2D eigenvalue weighted by Crippen LogP contribution is 2.21. The first-order chi connectivity index (χ1) is 12.5. The van der Waals surface area contributed by atoms with E-state index in [1.807, 2.05) is 0 Å². The summed E-state index contributed by atoms with van der Waals surface area (Å²) >= 11 is 0. The van der Waals surface area contributed by atoms with E-state index in [1.165, 1.54) is 13.0 Å². The van der Waals surface area contributed by atoms with Crippen LogP contribution in [0.2, 0.25) is 0 Å². The molecule has 2 fully saturated rings. The number of halogens is 1. The van der Waals surface area contributed by atoms with E-state index in [9.17, 15) is 18.8 Å². The molecule has 0 aromatic heterocycles. The normalized spacial score (nSPS) is 20.6. The third-order valence-electron chi connectivity index (χ3n) is 5.21. The quantitative estimate of drug-likeness (QED) is 0.801. The number of carbonyl (C=O) groups is 3. The van der Waals surface area contributed by atoms with E-state index in [0.717, 1.165) is 0 Å². The molecule has 0 saturated carbocycles. The van der Waals surface area contributed by atoms with Gasteiger partial charge in [0.15, 0.2) is 0 Å². The van der Waals surface area contributed by atoms with Gasteiger partial charge in [-0.25, -0.2) is 4.39 Å². The highest BCUT2D eigenvalue weighted by atomic mass is 19.1. The van der Waals surface area contributed by atoms with Gasteiger partial charge >= 0.3 is 0 Å². The molecular formula is C19H24FN3O3. The highest BCUT2D eigenvalue weighted by Gasteiger charge is 2.37. The van der Waals surface area contributed by atoms with E-state index in [2.05, 4.69) is 0 Å². The van der Waals surface area contributed by atoms with Crippen LogP contribution in [0, 0.1) is 11.7 Å². The van der Waals surface area contributed by atoms with Crippen LogP contribution in [-0.4, -0.2) is 71.7 Å². The fourth-order valence-corrected chi connectivity index (χ4v) is 3.61. The number of carbonyl (C=O) groups excluding carboxylic acids is 3. The molecule has 7 heteroatoms. The van der Waals surface area contributed by atoms with E-state index in [1.54, 1.807) is 32.9 Å². The number of nitrogens with zero attached hydrogens (tertiary/aromatic N) is 3. The van der Waals surface area contributed by atoms with Gasteiger partial charge in [0, 0.05) is 52.6 Å². The van der Waals surface area contributed by atoms with Crippen LogP contribution >= 0.6 is 0 Å². The van der Waals surface area contributed by atoms with Gasteiger partial charge in [0.1, 0.15) is 5.82 Å². The molecule has 1 unspecified atom stereocenters. The van der Waals surface area contributed by atoms with Gasteiger partial charge in [-0.2, -0.15) is 0 Å². The molecule has 1 atom stereocenters. The Balaban J connectivity index is 1.52. The van der Waals surface area contributed by atoms with Crippen molar-refractivity contribution in [1.29, 1.82) is 0 Å². The predicted molar refractivity (Wildman–Crippen MR) is 93.6 cm³/mol. The second-order valence-corrected chi connectivity index (χ2v) is 6.91. The lowest BCUT2D eigenvalue weighted by molar-refractivity contribution is -0.141. The summed E-state index contributed by atoms with van der Waals surface area (Å²) < 4.78 is 13.7. The zero-order valence-corrected chi connectivity index (χ0v) is 15.0. The number of benzene rings is 1. The fourth-order valence-electron chi connectivity index (χ4n) is 3.61. The number of amides is 3. The van der Waals surface area contributed by atoms with E-state index >= 15 is 0 Å². The third kappa shape index (κ3) is 4.03. The molecule has 6 nitrogen and oxygen atoms in total. The number of rotatable bonds is 4. The monoisotopic (exact) mass is 361 g/mol. The first kappa shape index (κ1) is 18.4. The van der Waals surface area contributed by atoms with Gasteiger partial charge < -0.3 is 14.7 Å². The fraction of sp³-hybridized carbons (Fsp3) is 0.526. The topological polar surface area (TPSA) is 60.9 Å². The molecule has 2 aliphatic heterocycles. The van der Waals surface area contributed by atoms with Crippen LogP contribution in [0.5, 0.6) is 0 Å². The Bertz CT molecular complexity index is 701. The smallest absolute Gasteiger partial charge is 0.228 e. The van der Waals surface area contributed by atoms with Gasteiger partial charge in [-0.15, -0.1) is 0 Å². The van der Waals surface area contributed by atoms with Crippen molar-refractivity contribution < 1.29 is 18.8 Å². The number of hydrogen-bond acceptors (Lipinski definition) is 3. The molecule has 3 amide bonds. The maximum Gasteiger partial charge on any atom is 0.228 e. The molecule has 0 spiro atoms. The Morgan fingerprint density at radius 1 is 1.12 bits per heavy atom. The third-order valence-corrected chi connectivity index (χ3v) is 5.21. The molecule has 2 heterocycles. The first-order valence-corrected chi connectivity index (χ1v) is 9.01. The van der Waals surface area contributed by atoms with Crippen LogP contribution < -0.4 is 0 Å². The lowest BCUT2D eigenvalue weighted by atomic mass is 10.1. The first-order valence-electron chi connectivity index (χ1n) is 9.01. The average molecular weight is 361 g/mol. The van der Waals surface area contributed by atoms with Crippen molar-refractivity contribution in [2.45, 2.75) is 19.8 Å². The average Bonchev–Trinajstić information content (AvgIpc) is 3.01. The van der Waals surface area contributed by atoms with E-state index in [4.69, 9.17) is 0 Å². The van der Waals surface area contributed by atoms with Crippen molar-refractivity contribution in [3.8, 4) is 0 Å². The van der Waals surface area contributed by atoms with Gasteiger partial charge in [0.2, 0.25) is 17.7 Å². The van der Waals surface area contributed by atoms with Crippen LogP contribution in [0.1, 0.15) is 18.9 Å². The lowest BCUT2D eigenvalue weighted by Crippen LogP contribution is -2.51. The molecule has 2 aliphatic rings. The molecule has 3 rings (SSSR count). The minimum Gasteiger partial charge on any atom is -0.342 e. The summed E-state index contributed by atoms with van der Waals surface area (Å²) in [5, 5.41) is 0. The van der Waals surface area contributed by atoms with E-state index < -0.39 is 0 Å². The second kappa shape index (κ2) is 7.85. The molecule has 1 aromatic carbocycles. The molecule has 0 N–H and O–H groups in total. The van der Waals surface area contributed by atoms with Crippen molar-refractivity contribution in [2.24, 2.45) is 5.92 Å². The number of likely N-dealkylation sites (tertiary alicyclic amines) is 1. The van der Waals surface area contributed by atoms with Gasteiger partial charge in [0.25, 0.3) is 0 Å². The molecule has 0 aliphatic carbocycles. The lowest BCUT2D eigenvalue weighted by Gasteiger charge is -2.35. The van der Waals surface area contributed by atoms with Crippen LogP contribution in [-0.2, 0) is 20.8 Å². The Morgan fingerprint density at radius 2 is 1.77 bits per heavy atom. The van der Waals surface area contributed by atoms with Crippen molar-refractivity contribution in [1.82, 2.24) is 14.7 Å². The Labute approximate surface area is 152 Å². The molecular weight excluding hydrogens is 337 g/mol. The zero-order valence-electron chi connectivity index (χ0n) is 15.0. The Hall–Kier alpha value is -2.44. The predicted octanol–water partition coefficient (Wildman–Crippen LogP) is 0.907. The maximum absolute atomic E-state index is 13.7. The van der Waals surface area contributed by atoms with Crippen molar-refractivity contribution in [2.75, 3.05) is 39.3 Å². The van der Waals surface area contributed by atoms with Crippen molar-refractivity contribution >= 4 is 17.7 Å². The van der Waals surface area contributed by atoms with Crippen LogP contribution in [0.15, 0.2) is 24.3 Å². The van der Waals surface area contributed by atoms with E-state index in [0.29, 0.717) is 51.3 Å².